The van der Waals surface area contributed by atoms with Gasteiger partial charge in [-0.2, -0.15) is 21.6 Å². The van der Waals surface area contributed by atoms with Gasteiger partial charge in [0.05, 0.1) is 29.3 Å². The highest BCUT2D eigenvalue weighted by Gasteiger charge is 2.62. The van der Waals surface area contributed by atoms with Gasteiger partial charge in [-0.15, -0.1) is 17.5 Å². The molecule has 4 aromatic heterocycles. The molecule has 52 heavy (non-hydrogen) atoms. The van der Waals surface area contributed by atoms with Gasteiger partial charge >= 0.3 is 6.18 Å². The predicted octanol–water partition coefficient (Wildman–Crippen LogP) is 6.68. The average molecular weight is 784 g/mol. The van der Waals surface area contributed by atoms with Crippen LogP contribution in [0.4, 0.5) is 19.0 Å². The van der Waals surface area contributed by atoms with E-state index in [0.717, 1.165) is 31.5 Å². The first kappa shape index (κ1) is 39.2. The largest absolute Gasteiger partial charge is 0.477 e. The second-order valence-corrected chi connectivity index (χ2v) is 15.6. The summed E-state index contributed by atoms with van der Waals surface area (Å²) in [6, 6.07) is 14.0. The van der Waals surface area contributed by atoms with Crippen LogP contribution in [0.15, 0.2) is 72.0 Å². The van der Waals surface area contributed by atoms with E-state index < -0.39 is 27.5 Å². The molecule has 2 aliphatic rings. The molecule has 0 aromatic carbocycles. The summed E-state index contributed by atoms with van der Waals surface area (Å²) in [5.74, 6) is 0.0130. The van der Waals surface area contributed by atoms with Crippen molar-refractivity contribution in [1.82, 2.24) is 34.8 Å². The number of hydrogen-bond donors (Lipinski definition) is 3. The quantitative estimate of drug-likeness (QED) is 0.118. The fourth-order valence-electron chi connectivity index (χ4n) is 6.23. The molecule has 0 radical (unpaired) electrons. The summed E-state index contributed by atoms with van der Waals surface area (Å²) in [6.07, 6.45) is 1.62. The van der Waals surface area contributed by atoms with Crippen molar-refractivity contribution in [2.75, 3.05) is 18.5 Å². The molecule has 1 amide bonds. The van der Waals surface area contributed by atoms with Gasteiger partial charge in [-0.25, -0.2) is 19.4 Å². The summed E-state index contributed by atoms with van der Waals surface area (Å²) >= 11 is 6.29. The van der Waals surface area contributed by atoms with Gasteiger partial charge in [0, 0.05) is 24.0 Å². The van der Waals surface area contributed by atoms with Crippen molar-refractivity contribution >= 4 is 45.8 Å². The summed E-state index contributed by atoms with van der Waals surface area (Å²) in [5, 5.41) is 10.3. The number of ether oxygens (including phenoxy) is 1. The maximum Gasteiger partial charge on any atom is 0.394 e. The molecule has 3 N–H and O–H groups in total. The number of hydrogen-bond acceptors (Lipinski definition) is 10. The predicted molar refractivity (Wildman–Crippen MR) is 190 cm³/mol. The number of pyridine rings is 3. The molecule has 1 unspecified atom stereocenters. The fourth-order valence-corrected chi connectivity index (χ4v) is 7.40. The lowest BCUT2D eigenvalue weighted by atomic mass is 9.91. The second kappa shape index (κ2) is 15.5. The normalized spacial score (nSPS) is 18.2. The highest BCUT2D eigenvalue weighted by molar-refractivity contribution is 7.90. The van der Waals surface area contributed by atoms with Gasteiger partial charge in [0.2, 0.25) is 5.88 Å². The molecule has 6 rings (SSSR count). The Bertz CT molecular complexity index is 1980. The number of anilines is 1. The lowest BCUT2D eigenvalue weighted by molar-refractivity contribution is -0.190. The van der Waals surface area contributed by atoms with E-state index in [2.05, 4.69) is 44.5 Å². The van der Waals surface area contributed by atoms with Crippen molar-refractivity contribution in [2.45, 2.75) is 75.2 Å². The minimum Gasteiger partial charge on any atom is -0.477 e. The highest BCUT2D eigenvalue weighted by atomic mass is 35.5. The molecule has 12 nitrogen and oxygen atoms in total. The zero-order valence-electron chi connectivity index (χ0n) is 28.4. The molecule has 4 aromatic rings. The van der Waals surface area contributed by atoms with Crippen LogP contribution in [0.25, 0.3) is 5.82 Å². The molecule has 1 aliphatic heterocycles. The van der Waals surface area contributed by atoms with Crippen molar-refractivity contribution < 1.29 is 31.1 Å². The van der Waals surface area contributed by atoms with Crippen molar-refractivity contribution in [3.05, 3.63) is 83.4 Å². The Morgan fingerprint density at radius 2 is 1.90 bits per heavy atom. The van der Waals surface area contributed by atoms with Gasteiger partial charge in [0.15, 0.2) is 10.8 Å². The van der Waals surface area contributed by atoms with Crippen molar-refractivity contribution in [3.8, 4) is 11.7 Å². The van der Waals surface area contributed by atoms with Crippen LogP contribution in [0.3, 0.4) is 0 Å². The van der Waals surface area contributed by atoms with E-state index in [9.17, 15) is 26.4 Å². The van der Waals surface area contributed by atoms with Gasteiger partial charge in [0.25, 0.3) is 15.9 Å². The molecule has 2 fully saturated rings. The van der Waals surface area contributed by atoms with Crippen LogP contribution in [-0.2, 0) is 10.0 Å². The Hall–Kier alpha value is -3.99. The number of amides is 1. The van der Waals surface area contributed by atoms with Crippen LogP contribution in [0.1, 0.15) is 74.5 Å². The molecule has 1 aliphatic carbocycles. The first-order chi connectivity index (χ1) is 24.1. The molecule has 1 saturated carbocycles. The summed E-state index contributed by atoms with van der Waals surface area (Å²) < 4.78 is 74.8. The zero-order chi connectivity index (χ0) is 36.4. The van der Waals surface area contributed by atoms with Crippen LogP contribution in [0.2, 0.25) is 5.15 Å². The minimum absolute atomic E-state index is 0. The van der Waals surface area contributed by atoms with E-state index in [1.165, 1.54) is 41.2 Å². The number of alkyl halides is 3. The smallest absolute Gasteiger partial charge is 0.394 e. The van der Waals surface area contributed by atoms with Crippen molar-refractivity contribution in [3.63, 3.8) is 0 Å². The van der Waals surface area contributed by atoms with Gasteiger partial charge in [-0.05, 0) is 101 Å². The number of carbonyl (C=O) groups is 1. The second-order valence-electron chi connectivity index (χ2n) is 13.6. The Morgan fingerprint density at radius 1 is 1.12 bits per heavy atom. The molecular formula is C34H39Cl2F3N8O4S. The van der Waals surface area contributed by atoms with Crippen LogP contribution < -0.4 is 20.1 Å². The van der Waals surface area contributed by atoms with Crippen LogP contribution in [0.5, 0.6) is 5.88 Å². The average Bonchev–Trinajstić information content (AvgIpc) is 3.60. The van der Waals surface area contributed by atoms with Gasteiger partial charge < -0.3 is 15.4 Å². The molecule has 0 bridgehead atoms. The first-order valence-electron chi connectivity index (χ1n) is 16.5. The Balaban J connectivity index is 0.00000523. The highest BCUT2D eigenvalue weighted by Crippen LogP contribution is 2.59. The molecule has 5 heterocycles. The zero-order valence-corrected chi connectivity index (χ0v) is 30.7. The van der Waals surface area contributed by atoms with E-state index in [0.29, 0.717) is 11.7 Å². The third-order valence-corrected chi connectivity index (χ3v) is 10.8. The summed E-state index contributed by atoms with van der Waals surface area (Å²) in [5.41, 5.74) is -1.02. The maximum atomic E-state index is 13.3. The van der Waals surface area contributed by atoms with Crippen molar-refractivity contribution in [2.24, 2.45) is 11.3 Å². The van der Waals surface area contributed by atoms with Crippen LogP contribution >= 0.6 is 24.0 Å². The van der Waals surface area contributed by atoms with Gasteiger partial charge in [-0.3, -0.25) is 9.78 Å². The topological polar surface area (TPSA) is 153 Å². The number of sulfonamides is 1. The molecule has 0 spiro atoms. The number of rotatable bonds is 14. The van der Waals surface area contributed by atoms with E-state index in [1.54, 1.807) is 12.3 Å². The van der Waals surface area contributed by atoms with Crippen LogP contribution in [0, 0.1) is 11.3 Å². The van der Waals surface area contributed by atoms with E-state index in [1.807, 2.05) is 22.9 Å². The Labute approximate surface area is 310 Å². The van der Waals surface area contributed by atoms with E-state index in [-0.39, 0.29) is 77.3 Å². The SMILES string of the molecule is CC1(C)C[C@H](CCC(Nc2cccc(S(=O)(=O)NC(=O)c3ccc(-n4ccc(OCCC5(C(F)(F)F)CC5)n4)nc3Cl)n2)c2ccccn2)CN1.Cl. The Morgan fingerprint density at radius 3 is 2.56 bits per heavy atom. The first-order valence-corrected chi connectivity index (χ1v) is 18.4. The molecule has 18 heteroatoms. The lowest BCUT2D eigenvalue weighted by Gasteiger charge is -2.21. The van der Waals surface area contributed by atoms with E-state index >= 15 is 0 Å². The number of nitrogens with zero attached hydrogens (tertiary/aromatic N) is 5. The summed E-state index contributed by atoms with van der Waals surface area (Å²) in [7, 11) is -4.43. The van der Waals surface area contributed by atoms with Crippen molar-refractivity contribution in [1.29, 1.82) is 0 Å². The fraction of sp³-hybridized carbons (Fsp3) is 0.441. The molecule has 2 atom stereocenters. The Kier molecular flexibility index (Phi) is 11.7. The molecule has 1 saturated heterocycles. The lowest BCUT2D eigenvalue weighted by Crippen LogP contribution is -2.31. The summed E-state index contributed by atoms with van der Waals surface area (Å²) in [6.45, 7) is 5.13. The van der Waals surface area contributed by atoms with Crippen LogP contribution in [-0.4, -0.2) is 63.9 Å². The number of aromatic nitrogens is 5. The van der Waals surface area contributed by atoms with Gasteiger partial charge in [0.1, 0.15) is 11.0 Å². The third kappa shape index (κ3) is 9.32. The summed E-state index contributed by atoms with van der Waals surface area (Å²) in [4.78, 5) is 26.1. The standard InChI is InChI=1S/C34H38ClF3N8O4S.ClH/c1-32(2)20-22(21-40-32)9-11-25(24-6-3-4-17-39-24)41-26-7-5-8-29(42-26)51(48,49)45-31(47)23-10-12-27(43-30(23)35)46-18-13-28(44-46)50-19-16-33(14-15-33)34(36,37)38;/h3-8,10,12-13,17-18,22,25,40H,9,11,14-16,19-21H2,1-2H3,(H,41,42)(H,45,47);1H/t22-,25?;/m0./s1. The number of carbonyl (C=O) groups excluding carboxylic acids is 1. The molecule has 280 valence electrons. The number of nitrogens with one attached hydrogen (secondary N) is 3. The monoisotopic (exact) mass is 782 g/mol. The maximum absolute atomic E-state index is 13.3. The number of halogens is 5. The minimum atomic E-state index is -4.43. The third-order valence-electron chi connectivity index (χ3n) is 9.29. The van der Waals surface area contributed by atoms with E-state index in [4.69, 9.17) is 16.3 Å². The van der Waals surface area contributed by atoms with Gasteiger partial charge in [-0.1, -0.05) is 23.7 Å². The molecular weight excluding hydrogens is 744 g/mol.